The first-order valence-electron chi connectivity index (χ1n) is 26.0. The summed E-state index contributed by atoms with van der Waals surface area (Å²) >= 11 is 1.79. The van der Waals surface area contributed by atoms with Gasteiger partial charge in [0.2, 0.25) is 0 Å². The molecular formula is C62H71B3N4O3S. The number of pyridine rings is 1. The number of rotatable bonds is 7. The van der Waals surface area contributed by atoms with E-state index in [4.69, 9.17) is 18.7 Å². The molecule has 0 bridgehead atoms. The molecule has 0 saturated carbocycles. The predicted molar refractivity (Wildman–Crippen MR) is 312 cm³/mol. The number of hydrogen-bond donors (Lipinski definition) is 0. The zero-order valence-corrected chi connectivity index (χ0v) is 46.5. The molecule has 372 valence electrons. The van der Waals surface area contributed by atoms with Gasteiger partial charge >= 0.3 is 21.4 Å². The van der Waals surface area contributed by atoms with E-state index in [0.717, 1.165) is 60.4 Å². The third-order valence-electron chi connectivity index (χ3n) is 14.3. The number of benzene rings is 6. The van der Waals surface area contributed by atoms with E-state index in [9.17, 15) is 0 Å². The van der Waals surface area contributed by atoms with Crippen LogP contribution in [0.25, 0.3) is 38.8 Å². The zero-order chi connectivity index (χ0) is 52.0. The topological polar surface area (TPSA) is 52.0 Å². The maximum Gasteiger partial charge on any atom is 0.468 e. The van der Waals surface area contributed by atoms with Crippen LogP contribution in [-0.4, -0.2) is 37.6 Å². The second kappa shape index (κ2) is 18.6. The molecule has 11 heteroatoms. The minimum Gasteiger partial charge on any atom is -0.452 e. The van der Waals surface area contributed by atoms with E-state index in [1.807, 2.05) is 6.20 Å². The highest BCUT2D eigenvalue weighted by Gasteiger charge is 2.52. The Bertz CT molecular complexity index is 3320. The van der Waals surface area contributed by atoms with Gasteiger partial charge in [0, 0.05) is 43.5 Å². The van der Waals surface area contributed by atoms with E-state index in [1.54, 1.807) is 11.8 Å². The Kier molecular flexibility index (Phi) is 12.9. The van der Waals surface area contributed by atoms with Crippen molar-refractivity contribution >= 4 is 83.1 Å². The van der Waals surface area contributed by atoms with Crippen LogP contribution in [0.1, 0.15) is 121 Å². The van der Waals surface area contributed by atoms with E-state index < -0.39 is 21.4 Å². The molecule has 1 fully saturated rings. The van der Waals surface area contributed by atoms with Gasteiger partial charge in [0.1, 0.15) is 12.5 Å². The number of anilines is 4. The Hall–Kier alpha value is -5.71. The van der Waals surface area contributed by atoms with E-state index >= 15 is 0 Å². The van der Waals surface area contributed by atoms with E-state index in [-0.39, 0.29) is 26.9 Å². The van der Waals surface area contributed by atoms with Crippen molar-refractivity contribution in [1.29, 1.82) is 0 Å². The Morgan fingerprint density at radius 2 is 1.08 bits per heavy atom. The fourth-order valence-corrected chi connectivity index (χ4v) is 11.0. The summed E-state index contributed by atoms with van der Waals surface area (Å²) in [4.78, 5) is 12.2. The highest BCUT2D eigenvalue weighted by molar-refractivity contribution is 7.99. The van der Waals surface area contributed by atoms with Gasteiger partial charge in [0.05, 0.1) is 28.1 Å². The van der Waals surface area contributed by atoms with Gasteiger partial charge in [-0.15, -0.1) is 0 Å². The van der Waals surface area contributed by atoms with Crippen LogP contribution in [0, 0.1) is 0 Å². The van der Waals surface area contributed by atoms with Crippen LogP contribution < -0.4 is 15.3 Å². The lowest BCUT2D eigenvalue weighted by molar-refractivity contribution is 0.250. The van der Waals surface area contributed by atoms with Gasteiger partial charge in [-0.2, -0.15) is 0 Å². The summed E-state index contributed by atoms with van der Waals surface area (Å²) in [6.45, 7) is 34.2. The van der Waals surface area contributed by atoms with Crippen molar-refractivity contribution in [3.05, 3.63) is 162 Å². The molecule has 0 radical (unpaired) electrons. The smallest absolute Gasteiger partial charge is 0.452 e. The monoisotopic (exact) mass is 985 g/mol. The number of fused-ring (bicyclic) bond motifs is 4. The van der Waals surface area contributed by atoms with Crippen LogP contribution in [0.5, 0.6) is 0 Å². The molecule has 0 N–H and O–H groups in total. The maximum absolute atomic E-state index is 6.98. The van der Waals surface area contributed by atoms with Crippen molar-refractivity contribution in [1.82, 2.24) is 9.55 Å². The van der Waals surface area contributed by atoms with Crippen LogP contribution in [0.2, 0.25) is 10.6 Å². The summed E-state index contributed by atoms with van der Waals surface area (Å²) in [5.41, 5.74) is 13.7. The van der Waals surface area contributed by atoms with Crippen LogP contribution in [-0.2, 0) is 30.0 Å². The second-order valence-corrected chi connectivity index (χ2v) is 26.6. The van der Waals surface area contributed by atoms with E-state index in [0.29, 0.717) is 6.67 Å². The molecular weight excluding hydrogens is 913 g/mol. The van der Waals surface area contributed by atoms with Crippen LogP contribution in [0.3, 0.4) is 0 Å². The first-order valence-corrected chi connectivity index (χ1v) is 26.8. The lowest BCUT2D eigenvalue weighted by atomic mass is 9.50. The van der Waals surface area contributed by atoms with Crippen LogP contribution in [0.4, 0.5) is 22.7 Å². The fraction of sp³-hybridized carbons (Fsp3) is 0.339. The average molecular weight is 985 g/mol. The molecule has 7 nitrogen and oxygen atoms in total. The lowest BCUT2D eigenvalue weighted by Gasteiger charge is -2.41. The van der Waals surface area contributed by atoms with Crippen molar-refractivity contribution < 1.29 is 13.7 Å². The molecule has 0 unspecified atom stereocenters. The zero-order valence-electron chi connectivity index (χ0n) is 45.7. The first-order chi connectivity index (χ1) is 34.3. The standard InChI is InChI=1S/C62H71B3N4O3S/c1-58(2,3)42-32-33-66-56(37-42)69-52-27-17-16-24-49(52)50-31-30-47(39-55(50)69)73-46-23-20-22-45(38-46)67-40-68(54-29-19-18-28-53(54)67)57-48(41-34-43(59(4,5)6)36-44(35-41)60(7,8)9)25-21-26-51(57)63-70-64(61(10,11)12)72-65(71-63)62(13,14)15/h16-39H,40H2,1-15H3. The van der Waals surface area contributed by atoms with Gasteiger partial charge in [-0.25, -0.2) is 4.98 Å². The van der Waals surface area contributed by atoms with Gasteiger partial charge in [-0.3, -0.25) is 4.57 Å². The van der Waals surface area contributed by atoms with E-state index in [1.165, 1.54) is 33.0 Å². The predicted octanol–water partition coefficient (Wildman–Crippen LogP) is 16.5. The lowest BCUT2D eigenvalue weighted by Crippen LogP contribution is -2.59. The molecule has 0 amide bonds. The summed E-state index contributed by atoms with van der Waals surface area (Å²) in [7, 11) is -1.68. The normalized spacial score (nSPS) is 15.0. The Morgan fingerprint density at radius 1 is 0.493 bits per heavy atom. The molecule has 6 aromatic carbocycles. The number of para-hydroxylation sites is 4. The van der Waals surface area contributed by atoms with Gasteiger partial charge in [0.15, 0.2) is 0 Å². The summed E-state index contributed by atoms with van der Waals surface area (Å²) in [6.07, 6.45) is 1.95. The number of nitrogens with zero attached hydrogens (tertiary/aromatic N) is 4. The van der Waals surface area contributed by atoms with Crippen molar-refractivity contribution in [2.45, 2.75) is 141 Å². The molecule has 73 heavy (non-hydrogen) atoms. The van der Waals surface area contributed by atoms with Gasteiger partial charge in [-0.1, -0.05) is 194 Å². The van der Waals surface area contributed by atoms with Crippen molar-refractivity contribution in [2.24, 2.45) is 0 Å². The fourth-order valence-electron chi connectivity index (χ4n) is 10.1. The maximum atomic E-state index is 6.98. The molecule has 1 saturated heterocycles. The molecule has 4 heterocycles. The van der Waals surface area contributed by atoms with Gasteiger partial charge in [0.25, 0.3) is 0 Å². The van der Waals surface area contributed by atoms with Gasteiger partial charge in [-0.05, 0) is 110 Å². The molecule has 2 aromatic heterocycles. The molecule has 10 rings (SSSR count). The van der Waals surface area contributed by atoms with Crippen LogP contribution >= 0.6 is 11.8 Å². The average Bonchev–Trinajstić information content (AvgIpc) is 3.88. The molecule has 0 atom stereocenters. The molecule has 2 aliphatic heterocycles. The summed E-state index contributed by atoms with van der Waals surface area (Å²) in [5.74, 6) is 0.930. The number of hydrogen-bond acceptors (Lipinski definition) is 7. The first kappa shape index (κ1) is 50.8. The highest BCUT2D eigenvalue weighted by atomic mass is 32.2. The van der Waals surface area contributed by atoms with Gasteiger partial charge < -0.3 is 23.5 Å². The highest BCUT2D eigenvalue weighted by Crippen LogP contribution is 2.49. The summed E-state index contributed by atoms with van der Waals surface area (Å²) < 4.78 is 22.9. The Labute approximate surface area is 440 Å². The Balaban J connectivity index is 1.08. The van der Waals surface area contributed by atoms with E-state index in [2.05, 4.69) is 258 Å². The Morgan fingerprint density at radius 3 is 1.73 bits per heavy atom. The molecule has 8 aromatic rings. The van der Waals surface area contributed by atoms with Crippen molar-refractivity contribution in [3.63, 3.8) is 0 Å². The second-order valence-electron chi connectivity index (χ2n) is 25.4. The minimum absolute atomic E-state index is 0.00560. The quantitative estimate of drug-likeness (QED) is 0.147. The summed E-state index contributed by atoms with van der Waals surface area (Å²) in [5, 5.41) is 1.83. The number of aromatic nitrogens is 2. The molecule has 0 spiro atoms. The minimum atomic E-state index is -0.694. The molecule has 0 aliphatic carbocycles. The van der Waals surface area contributed by atoms with Crippen molar-refractivity contribution in [3.8, 4) is 16.9 Å². The van der Waals surface area contributed by atoms with Crippen LogP contribution in [0.15, 0.2) is 156 Å². The largest absolute Gasteiger partial charge is 0.468 e. The third kappa shape index (κ3) is 10.0. The molecule has 2 aliphatic rings. The SMILES string of the molecule is CC(C)(C)B1OB(c2cccc(-c3cc(C(C)(C)C)cc(C(C)(C)C)c3)c2N2CN(c3cccc(Sc4ccc5c6ccccc6n(-c6cc(C(C)(C)C)ccn6)c5c4)c3)c3ccccc32)OB(C(C)(C)C)O1. The van der Waals surface area contributed by atoms with Crippen molar-refractivity contribution in [2.75, 3.05) is 16.5 Å². The summed E-state index contributed by atoms with van der Waals surface area (Å²) in [6, 6.07) is 51.6. The third-order valence-corrected chi connectivity index (χ3v) is 15.3.